The Morgan fingerprint density at radius 2 is 1.96 bits per heavy atom. The van der Waals surface area contributed by atoms with Crippen molar-refractivity contribution in [2.45, 2.75) is 13.3 Å². The highest BCUT2D eigenvalue weighted by atomic mass is 32.1. The summed E-state index contributed by atoms with van der Waals surface area (Å²) in [6.07, 6.45) is 0.230. The lowest BCUT2D eigenvalue weighted by atomic mass is 10.1. The number of aromatic nitrogens is 1. The first-order chi connectivity index (χ1) is 11.6. The number of esters is 1. The minimum atomic E-state index is -0.426. The summed E-state index contributed by atoms with van der Waals surface area (Å²) < 4.78 is 15.2. The zero-order valence-electron chi connectivity index (χ0n) is 13.6. The van der Waals surface area contributed by atoms with Crippen LogP contribution in [0.4, 0.5) is 5.13 Å². The molecule has 0 unspecified atom stereocenters. The fourth-order valence-corrected chi connectivity index (χ4v) is 2.60. The number of amides is 1. The first-order valence-corrected chi connectivity index (χ1v) is 8.08. The molecule has 0 aliphatic heterocycles. The number of ether oxygens (including phenoxy) is 3. The van der Waals surface area contributed by atoms with Crippen molar-refractivity contribution in [3.05, 3.63) is 23.6 Å². The van der Waals surface area contributed by atoms with Gasteiger partial charge in [0.15, 0.2) is 23.2 Å². The van der Waals surface area contributed by atoms with Crippen LogP contribution in [0.1, 0.15) is 13.3 Å². The Bertz CT molecular complexity index is 729. The van der Waals surface area contributed by atoms with Gasteiger partial charge in [0, 0.05) is 17.4 Å². The molecule has 1 heterocycles. The summed E-state index contributed by atoms with van der Waals surface area (Å²) in [4.78, 5) is 27.1. The van der Waals surface area contributed by atoms with E-state index in [2.05, 4.69) is 10.3 Å². The number of benzene rings is 1. The maximum atomic E-state index is 11.7. The third kappa shape index (κ3) is 4.45. The van der Waals surface area contributed by atoms with Crippen LogP contribution < -0.4 is 14.8 Å². The molecule has 0 aliphatic rings. The minimum Gasteiger partial charge on any atom is -0.493 e. The van der Waals surface area contributed by atoms with Crippen LogP contribution in [0.2, 0.25) is 0 Å². The van der Waals surface area contributed by atoms with Gasteiger partial charge in [0.25, 0.3) is 5.91 Å². The van der Waals surface area contributed by atoms with Gasteiger partial charge >= 0.3 is 5.97 Å². The van der Waals surface area contributed by atoms with E-state index in [0.29, 0.717) is 22.3 Å². The molecule has 0 fully saturated rings. The van der Waals surface area contributed by atoms with Crippen molar-refractivity contribution in [1.29, 1.82) is 0 Å². The number of rotatable bonds is 7. The van der Waals surface area contributed by atoms with E-state index in [9.17, 15) is 9.59 Å². The predicted molar refractivity (Wildman–Crippen MR) is 90.5 cm³/mol. The van der Waals surface area contributed by atoms with Crippen LogP contribution in [0.3, 0.4) is 0 Å². The van der Waals surface area contributed by atoms with E-state index in [0.717, 1.165) is 5.56 Å². The second-order valence-electron chi connectivity index (χ2n) is 4.67. The first-order valence-electron chi connectivity index (χ1n) is 7.20. The molecule has 1 aromatic heterocycles. The van der Waals surface area contributed by atoms with Crippen molar-refractivity contribution in [2.75, 3.05) is 26.1 Å². The summed E-state index contributed by atoms with van der Waals surface area (Å²) in [6, 6.07) is 5.45. The van der Waals surface area contributed by atoms with Crippen LogP contribution in [0.25, 0.3) is 11.3 Å². The molecular formula is C16H18N2O5S. The van der Waals surface area contributed by atoms with E-state index in [1.54, 1.807) is 27.2 Å². The van der Waals surface area contributed by atoms with Gasteiger partial charge in [0.05, 0.1) is 19.9 Å². The van der Waals surface area contributed by atoms with Gasteiger partial charge in [0.2, 0.25) is 0 Å². The predicted octanol–water partition coefficient (Wildman–Crippen LogP) is 2.72. The molecule has 7 nitrogen and oxygen atoms in total. The summed E-state index contributed by atoms with van der Waals surface area (Å²) in [5.74, 6) is 0.378. The van der Waals surface area contributed by atoms with E-state index in [4.69, 9.17) is 14.2 Å². The van der Waals surface area contributed by atoms with Crippen LogP contribution in [0, 0.1) is 0 Å². The van der Waals surface area contributed by atoms with Gasteiger partial charge in [-0.1, -0.05) is 6.92 Å². The lowest BCUT2D eigenvalue weighted by molar-refractivity contribution is -0.146. The molecule has 2 rings (SSSR count). The molecule has 0 saturated heterocycles. The van der Waals surface area contributed by atoms with E-state index < -0.39 is 11.9 Å². The average molecular weight is 350 g/mol. The molecule has 24 heavy (non-hydrogen) atoms. The van der Waals surface area contributed by atoms with Crippen LogP contribution in [-0.2, 0) is 14.3 Å². The number of hydrogen-bond donors (Lipinski definition) is 1. The zero-order valence-corrected chi connectivity index (χ0v) is 14.4. The van der Waals surface area contributed by atoms with Gasteiger partial charge in [-0.2, -0.15) is 0 Å². The fraction of sp³-hybridized carbons (Fsp3) is 0.312. The maximum absolute atomic E-state index is 11.7. The van der Waals surface area contributed by atoms with Crippen LogP contribution in [0.15, 0.2) is 23.6 Å². The fourth-order valence-electron chi connectivity index (χ4n) is 1.86. The molecular weight excluding hydrogens is 332 g/mol. The molecule has 0 saturated carbocycles. The molecule has 0 aliphatic carbocycles. The highest BCUT2D eigenvalue weighted by molar-refractivity contribution is 7.14. The van der Waals surface area contributed by atoms with E-state index in [1.807, 2.05) is 17.5 Å². The Morgan fingerprint density at radius 1 is 1.21 bits per heavy atom. The number of nitrogens with one attached hydrogen (secondary N) is 1. The summed E-state index contributed by atoms with van der Waals surface area (Å²) in [5, 5.41) is 4.84. The van der Waals surface area contributed by atoms with Crippen molar-refractivity contribution in [3.8, 4) is 22.8 Å². The third-order valence-electron chi connectivity index (χ3n) is 3.08. The topological polar surface area (TPSA) is 86.8 Å². The largest absolute Gasteiger partial charge is 0.493 e. The highest BCUT2D eigenvalue weighted by Gasteiger charge is 2.12. The molecule has 1 N–H and O–H groups in total. The Kier molecular flexibility index (Phi) is 6.14. The summed E-state index contributed by atoms with van der Waals surface area (Å²) in [5.41, 5.74) is 1.53. The smallest absolute Gasteiger partial charge is 0.306 e. The van der Waals surface area contributed by atoms with Crippen molar-refractivity contribution in [3.63, 3.8) is 0 Å². The van der Waals surface area contributed by atoms with Gasteiger partial charge in [0.1, 0.15) is 0 Å². The average Bonchev–Trinajstić information content (AvgIpc) is 3.07. The second-order valence-corrected chi connectivity index (χ2v) is 5.53. The highest BCUT2D eigenvalue weighted by Crippen LogP contribution is 2.33. The Labute approximate surface area is 143 Å². The van der Waals surface area contributed by atoms with Gasteiger partial charge in [-0.25, -0.2) is 4.98 Å². The number of thiazole rings is 1. The van der Waals surface area contributed by atoms with Crippen molar-refractivity contribution in [2.24, 2.45) is 0 Å². The third-order valence-corrected chi connectivity index (χ3v) is 3.84. The van der Waals surface area contributed by atoms with Gasteiger partial charge in [-0.05, 0) is 18.2 Å². The summed E-state index contributed by atoms with van der Waals surface area (Å²) >= 11 is 1.28. The molecule has 1 aromatic carbocycles. The Hall–Kier alpha value is -2.61. The summed E-state index contributed by atoms with van der Waals surface area (Å²) in [7, 11) is 3.13. The Morgan fingerprint density at radius 3 is 2.62 bits per heavy atom. The number of carbonyl (C=O) groups is 2. The molecule has 128 valence electrons. The monoisotopic (exact) mass is 350 g/mol. The second kappa shape index (κ2) is 8.30. The van der Waals surface area contributed by atoms with Gasteiger partial charge < -0.3 is 14.2 Å². The lowest BCUT2D eigenvalue weighted by Gasteiger charge is -2.08. The van der Waals surface area contributed by atoms with E-state index >= 15 is 0 Å². The molecule has 2 aromatic rings. The van der Waals surface area contributed by atoms with Crippen LogP contribution in [-0.4, -0.2) is 37.7 Å². The molecule has 0 bridgehead atoms. The SMILES string of the molecule is CCC(=O)OCC(=O)Nc1nc(-c2ccc(OC)c(OC)c2)cs1. The normalized spacial score (nSPS) is 10.1. The van der Waals surface area contributed by atoms with Crippen molar-refractivity contribution >= 4 is 28.3 Å². The molecule has 1 amide bonds. The van der Waals surface area contributed by atoms with E-state index in [1.165, 1.54) is 11.3 Å². The number of hydrogen-bond acceptors (Lipinski definition) is 7. The van der Waals surface area contributed by atoms with Crippen LogP contribution >= 0.6 is 11.3 Å². The number of methoxy groups -OCH3 is 2. The zero-order chi connectivity index (χ0) is 17.5. The molecule has 8 heteroatoms. The standard InChI is InChI=1S/C16H18N2O5S/c1-4-15(20)23-8-14(19)18-16-17-11(9-24-16)10-5-6-12(21-2)13(7-10)22-3/h5-7,9H,4,8H2,1-3H3,(H,17,18,19). The molecule has 0 spiro atoms. The minimum absolute atomic E-state index is 0.230. The van der Waals surface area contributed by atoms with Crippen molar-refractivity contribution < 1.29 is 23.8 Å². The van der Waals surface area contributed by atoms with Crippen LogP contribution in [0.5, 0.6) is 11.5 Å². The summed E-state index contributed by atoms with van der Waals surface area (Å²) in [6.45, 7) is 1.34. The number of nitrogens with zero attached hydrogens (tertiary/aromatic N) is 1. The number of anilines is 1. The van der Waals surface area contributed by atoms with Gasteiger partial charge in [-0.3, -0.25) is 14.9 Å². The first kappa shape index (κ1) is 17.7. The van der Waals surface area contributed by atoms with Crippen molar-refractivity contribution in [1.82, 2.24) is 4.98 Å². The maximum Gasteiger partial charge on any atom is 0.306 e. The number of carbonyl (C=O) groups excluding carboxylic acids is 2. The Balaban J connectivity index is 2.05. The molecule has 0 radical (unpaired) electrons. The van der Waals surface area contributed by atoms with Gasteiger partial charge in [-0.15, -0.1) is 11.3 Å². The van der Waals surface area contributed by atoms with E-state index in [-0.39, 0.29) is 13.0 Å². The quantitative estimate of drug-likeness (QED) is 0.773. The molecule has 0 atom stereocenters. The lowest BCUT2D eigenvalue weighted by Crippen LogP contribution is -2.20.